The molecule has 0 aromatic carbocycles. The summed E-state index contributed by atoms with van der Waals surface area (Å²) in [5, 5.41) is 0.239. The van der Waals surface area contributed by atoms with Crippen LogP contribution in [0.5, 0.6) is 0 Å². The van der Waals surface area contributed by atoms with Crippen molar-refractivity contribution in [3.05, 3.63) is 0 Å². The van der Waals surface area contributed by atoms with E-state index >= 15 is 0 Å². The van der Waals surface area contributed by atoms with E-state index in [0.29, 0.717) is 17.9 Å². The van der Waals surface area contributed by atoms with Gasteiger partial charge in [0.1, 0.15) is 0 Å². The number of hydrogen-bond donors (Lipinski definition) is 0. The van der Waals surface area contributed by atoms with Crippen LogP contribution < -0.4 is 0 Å². The molecule has 0 heterocycles. The van der Waals surface area contributed by atoms with Crippen LogP contribution >= 0.6 is 11.6 Å². The third-order valence-corrected chi connectivity index (χ3v) is 2.78. The molecule has 0 aliphatic carbocycles. The van der Waals surface area contributed by atoms with Gasteiger partial charge in [-0.25, -0.2) is 0 Å². The summed E-state index contributed by atoms with van der Waals surface area (Å²) in [4.78, 5) is 0. The van der Waals surface area contributed by atoms with Gasteiger partial charge in [-0.2, -0.15) is 0 Å². The number of halogens is 1. The fourth-order valence-electron chi connectivity index (χ4n) is 1.47. The van der Waals surface area contributed by atoms with Gasteiger partial charge in [-0.05, 0) is 32.1 Å². The minimum Gasteiger partial charge on any atom is -0.382 e. The lowest BCUT2D eigenvalue weighted by atomic mass is 9.88. The Morgan fingerprint density at radius 3 is 1.92 bits per heavy atom. The van der Waals surface area contributed by atoms with E-state index in [1.807, 2.05) is 0 Å². The molecule has 0 aromatic heterocycles. The van der Waals surface area contributed by atoms with Crippen LogP contribution in [-0.4, -0.2) is 18.6 Å². The highest BCUT2D eigenvalue weighted by atomic mass is 35.5. The molecule has 0 bridgehead atoms. The van der Waals surface area contributed by atoms with Crippen LogP contribution in [-0.2, 0) is 4.74 Å². The Morgan fingerprint density at radius 2 is 1.67 bits per heavy atom. The zero-order chi connectivity index (χ0) is 9.72. The Hall–Kier alpha value is 0.250. The molecule has 74 valence electrons. The van der Waals surface area contributed by atoms with Crippen LogP contribution in [0.25, 0.3) is 0 Å². The third-order valence-electron chi connectivity index (χ3n) is 2.45. The lowest BCUT2D eigenvalue weighted by Gasteiger charge is -2.25. The van der Waals surface area contributed by atoms with Crippen molar-refractivity contribution in [3.8, 4) is 0 Å². The first-order valence-corrected chi connectivity index (χ1v) is 5.09. The van der Waals surface area contributed by atoms with Crippen molar-refractivity contribution in [1.82, 2.24) is 0 Å². The summed E-state index contributed by atoms with van der Waals surface area (Å²) in [6, 6.07) is 0. The molecule has 0 aliphatic heterocycles. The zero-order valence-corrected chi connectivity index (χ0v) is 9.56. The van der Waals surface area contributed by atoms with E-state index in [-0.39, 0.29) is 5.38 Å². The van der Waals surface area contributed by atoms with E-state index in [0.717, 1.165) is 6.42 Å². The number of rotatable bonds is 5. The molecule has 3 atom stereocenters. The van der Waals surface area contributed by atoms with Gasteiger partial charge in [-0.1, -0.05) is 13.8 Å². The monoisotopic (exact) mass is 192 g/mol. The molecule has 2 heteroatoms. The van der Waals surface area contributed by atoms with Gasteiger partial charge in [-0.3, -0.25) is 0 Å². The summed E-state index contributed by atoms with van der Waals surface area (Å²) >= 11 is 6.08. The smallest absolute Gasteiger partial charge is 0.0546 e. The summed E-state index contributed by atoms with van der Waals surface area (Å²) < 4.78 is 5.22. The highest BCUT2D eigenvalue weighted by Crippen LogP contribution is 2.25. The topological polar surface area (TPSA) is 9.23 Å². The first-order valence-electron chi connectivity index (χ1n) is 4.65. The fraction of sp³-hybridized carbons (Fsp3) is 1.00. The minimum atomic E-state index is 0.239. The molecule has 12 heavy (non-hydrogen) atoms. The average Bonchev–Trinajstić information content (AvgIpc) is 1.98. The number of ether oxygens (including phenoxy) is 1. The Bertz CT molecular complexity index is 104. The van der Waals surface area contributed by atoms with Crippen LogP contribution in [0.4, 0.5) is 0 Å². The van der Waals surface area contributed by atoms with Gasteiger partial charge < -0.3 is 4.74 Å². The second-order valence-corrected chi connectivity index (χ2v) is 4.56. The number of methoxy groups -OCH3 is 1. The average molecular weight is 193 g/mol. The summed E-state index contributed by atoms with van der Waals surface area (Å²) in [7, 11) is 1.75. The van der Waals surface area contributed by atoms with Crippen LogP contribution in [0.15, 0.2) is 0 Å². The quantitative estimate of drug-likeness (QED) is 0.608. The van der Waals surface area contributed by atoms with E-state index in [1.54, 1.807) is 7.11 Å². The summed E-state index contributed by atoms with van der Waals surface area (Å²) in [6.07, 6.45) is 1.37. The van der Waals surface area contributed by atoms with Crippen molar-refractivity contribution < 1.29 is 4.74 Å². The highest BCUT2D eigenvalue weighted by molar-refractivity contribution is 6.20. The van der Waals surface area contributed by atoms with Crippen LogP contribution in [0.2, 0.25) is 0 Å². The standard InChI is InChI=1S/C10H21ClO/c1-7(2)10(9(4)11)6-8(3)12-5/h7-10H,6H2,1-5H3. The fourth-order valence-corrected chi connectivity index (χ4v) is 1.86. The van der Waals surface area contributed by atoms with E-state index in [2.05, 4.69) is 27.7 Å². The number of hydrogen-bond acceptors (Lipinski definition) is 1. The van der Waals surface area contributed by atoms with Gasteiger partial charge in [0, 0.05) is 12.5 Å². The Morgan fingerprint density at radius 1 is 1.17 bits per heavy atom. The normalized spacial score (nSPS) is 19.2. The van der Waals surface area contributed by atoms with E-state index < -0.39 is 0 Å². The van der Waals surface area contributed by atoms with Crippen molar-refractivity contribution >= 4 is 11.6 Å². The maximum absolute atomic E-state index is 6.08. The van der Waals surface area contributed by atoms with Crippen molar-refractivity contribution in [2.24, 2.45) is 11.8 Å². The summed E-state index contributed by atoms with van der Waals surface area (Å²) in [6.45, 7) is 8.58. The second kappa shape index (κ2) is 5.82. The molecule has 0 aromatic rings. The molecule has 0 N–H and O–H groups in total. The van der Waals surface area contributed by atoms with Crippen LogP contribution in [0.1, 0.15) is 34.1 Å². The number of alkyl halides is 1. The van der Waals surface area contributed by atoms with Gasteiger partial charge in [0.2, 0.25) is 0 Å². The molecule has 0 fully saturated rings. The van der Waals surface area contributed by atoms with Gasteiger partial charge >= 0.3 is 0 Å². The molecule has 0 spiro atoms. The predicted molar refractivity (Wildman–Crippen MR) is 54.7 cm³/mol. The molecule has 0 saturated heterocycles. The van der Waals surface area contributed by atoms with Gasteiger partial charge in [0.25, 0.3) is 0 Å². The van der Waals surface area contributed by atoms with Gasteiger partial charge in [-0.15, -0.1) is 11.6 Å². The lowest BCUT2D eigenvalue weighted by molar-refractivity contribution is 0.0865. The molecule has 0 saturated carbocycles. The first-order chi connectivity index (χ1) is 5.49. The first kappa shape index (κ1) is 12.2. The van der Waals surface area contributed by atoms with E-state index in [9.17, 15) is 0 Å². The lowest BCUT2D eigenvalue weighted by Crippen LogP contribution is -2.23. The maximum atomic E-state index is 6.08. The largest absolute Gasteiger partial charge is 0.382 e. The third kappa shape index (κ3) is 4.32. The zero-order valence-electron chi connectivity index (χ0n) is 8.80. The molecular weight excluding hydrogens is 172 g/mol. The summed E-state index contributed by atoms with van der Waals surface area (Å²) in [5.41, 5.74) is 0. The molecule has 3 unspecified atom stereocenters. The van der Waals surface area contributed by atoms with Crippen LogP contribution in [0, 0.1) is 11.8 Å². The Labute approximate surface area is 81.4 Å². The second-order valence-electron chi connectivity index (χ2n) is 3.87. The molecular formula is C10H21ClO. The molecule has 0 rings (SSSR count). The van der Waals surface area contributed by atoms with Crippen molar-refractivity contribution in [2.45, 2.75) is 45.6 Å². The maximum Gasteiger partial charge on any atom is 0.0546 e. The van der Waals surface area contributed by atoms with E-state index in [1.165, 1.54) is 0 Å². The molecule has 0 amide bonds. The predicted octanol–water partition coefficient (Wildman–Crippen LogP) is 3.31. The van der Waals surface area contributed by atoms with Crippen molar-refractivity contribution in [2.75, 3.05) is 7.11 Å². The van der Waals surface area contributed by atoms with Crippen molar-refractivity contribution in [3.63, 3.8) is 0 Å². The van der Waals surface area contributed by atoms with Gasteiger partial charge in [0.05, 0.1) is 6.10 Å². The van der Waals surface area contributed by atoms with Crippen molar-refractivity contribution in [1.29, 1.82) is 0 Å². The Kier molecular flexibility index (Phi) is 5.94. The molecule has 1 nitrogen and oxygen atoms in total. The summed E-state index contributed by atoms with van der Waals surface area (Å²) in [5.74, 6) is 1.19. The SMILES string of the molecule is COC(C)CC(C(C)C)C(C)Cl. The van der Waals surface area contributed by atoms with E-state index in [4.69, 9.17) is 16.3 Å². The molecule has 0 radical (unpaired) electrons. The minimum absolute atomic E-state index is 0.239. The molecule has 0 aliphatic rings. The van der Waals surface area contributed by atoms with Crippen LogP contribution in [0.3, 0.4) is 0 Å². The Balaban J connectivity index is 3.95. The highest BCUT2D eigenvalue weighted by Gasteiger charge is 2.21. The van der Waals surface area contributed by atoms with Gasteiger partial charge in [0.15, 0.2) is 0 Å².